The van der Waals surface area contributed by atoms with Gasteiger partial charge in [0.05, 0.1) is 59.5 Å². The zero-order valence-electron chi connectivity index (χ0n) is 10.5. The summed E-state index contributed by atoms with van der Waals surface area (Å²) in [7, 11) is 0. The molecule has 0 aliphatic carbocycles. The van der Waals surface area contributed by atoms with Crippen LogP contribution < -0.4 is 0 Å². The van der Waals surface area contributed by atoms with Crippen molar-refractivity contribution in [3.63, 3.8) is 0 Å². The van der Waals surface area contributed by atoms with Crippen molar-refractivity contribution in [2.45, 2.75) is 17.8 Å². The topological polar surface area (TPSA) is 55.4 Å². The zero-order valence-corrected chi connectivity index (χ0v) is 10.5. The first-order valence-corrected chi connectivity index (χ1v) is 6.52. The van der Waals surface area contributed by atoms with E-state index in [1.165, 1.54) is 0 Å². The number of hydrogen-bond donors (Lipinski definition) is 0. The van der Waals surface area contributed by atoms with Crippen molar-refractivity contribution in [1.29, 1.82) is 0 Å². The van der Waals surface area contributed by atoms with Gasteiger partial charge in [-0.25, -0.2) is 0 Å². The lowest BCUT2D eigenvalue weighted by molar-refractivity contribution is -0.295. The van der Waals surface area contributed by atoms with Gasteiger partial charge in [0.1, 0.15) is 17.8 Å². The highest BCUT2D eigenvalue weighted by Gasteiger charge is 2.51. The molecule has 0 amide bonds. The van der Waals surface area contributed by atoms with Crippen LogP contribution in [0.2, 0.25) is 0 Å². The van der Waals surface area contributed by atoms with Gasteiger partial charge in [-0.2, -0.15) is 0 Å². The van der Waals surface area contributed by atoms with Crippen LogP contribution in [0, 0.1) is 0 Å². The van der Waals surface area contributed by atoms with Crippen molar-refractivity contribution in [2.75, 3.05) is 59.5 Å². The van der Waals surface area contributed by atoms with Crippen molar-refractivity contribution >= 4 is 0 Å². The highest BCUT2D eigenvalue weighted by Crippen LogP contribution is 2.31. The lowest BCUT2D eigenvalue weighted by atomic mass is 9.89. The number of ether oxygens (including phenoxy) is 6. The summed E-state index contributed by atoms with van der Waals surface area (Å²) in [5.41, 5.74) is -0.598. The molecular weight excluding hydrogens is 240 g/mol. The Morgan fingerprint density at radius 1 is 0.667 bits per heavy atom. The minimum absolute atomic E-state index is 0.154. The van der Waals surface area contributed by atoms with Gasteiger partial charge < -0.3 is 28.4 Å². The maximum atomic E-state index is 6.01. The maximum Gasteiger partial charge on any atom is 0.148 e. The SMILES string of the molecule is C1COC(C2(C3COCCO3)COCCO2)CO1. The van der Waals surface area contributed by atoms with Crippen LogP contribution >= 0.6 is 0 Å². The third-order valence-corrected chi connectivity index (χ3v) is 3.65. The predicted molar refractivity (Wildman–Crippen MR) is 60.6 cm³/mol. The van der Waals surface area contributed by atoms with Crippen molar-refractivity contribution in [3.05, 3.63) is 0 Å². The summed E-state index contributed by atoms with van der Waals surface area (Å²) in [6.45, 7) is 5.11. The van der Waals surface area contributed by atoms with Gasteiger partial charge in [0.25, 0.3) is 0 Å². The molecule has 18 heavy (non-hydrogen) atoms. The Bertz CT molecular complexity index is 233. The number of hydrogen-bond acceptors (Lipinski definition) is 6. The monoisotopic (exact) mass is 260 g/mol. The second-order valence-corrected chi connectivity index (χ2v) is 4.72. The van der Waals surface area contributed by atoms with Crippen molar-refractivity contribution < 1.29 is 28.4 Å². The Kier molecular flexibility index (Phi) is 4.13. The molecule has 0 aromatic heterocycles. The Morgan fingerprint density at radius 2 is 1.28 bits per heavy atom. The first-order valence-electron chi connectivity index (χ1n) is 6.52. The first kappa shape index (κ1) is 12.8. The molecule has 3 heterocycles. The quantitative estimate of drug-likeness (QED) is 0.673. The summed E-state index contributed by atoms with van der Waals surface area (Å²) < 4.78 is 34.2. The molecule has 2 atom stereocenters. The molecule has 3 aliphatic rings. The first-order chi connectivity index (χ1) is 8.92. The molecule has 0 N–H and O–H groups in total. The molecule has 0 spiro atoms. The summed E-state index contributed by atoms with van der Waals surface area (Å²) in [6, 6.07) is 0. The highest BCUT2D eigenvalue weighted by atomic mass is 16.6. The predicted octanol–water partition coefficient (Wildman–Crippen LogP) is -0.397. The minimum atomic E-state index is -0.598. The van der Waals surface area contributed by atoms with Gasteiger partial charge in [0, 0.05) is 0 Å². The van der Waals surface area contributed by atoms with E-state index >= 15 is 0 Å². The molecule has 0 aromatic carbocycles. The van der Waals surface area contributed by atoms with E-state index in [9.17, 15) is 0 Å². The maximum absolute atomic E-state index is 6.01. The third-order valence-electron chi connectivity index (χ3n) is 3.65. The van der Waals surface area contributed by atoms with E-state index in [2.05, 4.69) is 0 Å². The van der Waals surface area contributed by atoms with Crippen LogP contribution in [0.25, 0.3) is 0 Å². The molecular formula is C12H20O6. The lowest BCUT2D eigenvalue weighted by Gasteiger charge is -2.48. The Morgan fingerprint density at radius 3 is 1.72 bits per heavy atom. The van der Waals surface area contributed by atoms with Gasteiger partial charge in [-0.15, -0.1) is 0 Å². The molecule has 3 rings (SSSR count). The van der Waals surface area contributed by atoms with Crippen LogP contribution in [-0.4, -0.2) is 77.3 Å². The fourth-order valence-electron chi connectivity index (χ4n) is 2.68. The molecule has 3 saturated heterocycles. The average molecular weight is 260 g/mol. The molecule has 6 nitrogen and oxygen atoms in total. The lowest BCUT2D eigenvalue weighted by Crippen LogP contribution is -2.65. The van der Waals surface area contributed by atoms with Gasteiger partial charge in [0.15, 0.2) is 0 Å². The molecule has 2 unspecified atom stereocenters. The number of rotatable bonds is 2. The summed E-state index contributed by atoms with van der Waals surface area (Å²) in [4.78, 5) is 0. The van der Waals surface area contributed by atoms with Gasteiger partial charge >= 0.3 is 0 Å². The van der Waals surface area contributed by atoms with E-state index in [1.807, 2.05) is 0 Å². The summed E-state index contributed by atoms with van der Waals surface area (Å²) in [6.07, 6.45) is -0.309. The van der Waals surface area contributed by atoms with Crippen LogP contribution in [0.5, 0.6) is 0 Å². The second-order valence-electron chi connectivity index (χ2n) is 4.72. The third kappa shape index (κ3) is 2.41. The van der Waals surface area contributed by atoms with Crippen LogP contribution in [0.4, 0.5) is 0 Å². The molecule has 0 aromatic rings. The van der Waals surface area contributed by atoms with Crippen molar-refractivity contribution in [1.82, 2.24) is 0 Å². The fraction of sp³-hybridized carbons (Fsp3) is 1.00. The highest BCUT2D eigenvalue weighted by molar-refractivity contribution is 5.00. The van der Waals surface area contributed by atoms with E-state index < -0.39 is 5.60 Å². The molecule has 3 fully saturated rings. The summed E-state index contributed by atoms with van der Waals surface area (Å²) >= 11 is 0. The average Bonchev–Trinajstić information content (AvgIpc) is 2.50. The van der Waals surface area contributed by atoms with Gasteiger partial charge in [-0.3, -0.25) is 0 Å². The van der Waals surface area contributed by atoms with Gasteiger partial charge in [-0.1, -0.05) is 0 Å². The van der Waals surface area contributed by atoms with Crippen LogP contribution in [-0.2, 0) is 28.4 Å². The molecule has 0 bridgehead atoms. The largest absolute Gasteiger partial charge is 0.376 e. The molecule has 0 saturated carbocycles. The fourth-order valence-corrected chi connectivity index (χ4v) is 2.68. The zero-order chi connectivity index (χ0) is 12.3. The summed E-state index contributed by atoms with van der Waals surface area (Å²) in [5, 5.41) is 0. The van der Waals surface area contributed by atoms with Gasteiger partial charge in [0.2, 0.25) is 0 Å². The van der Waals surface area contributed by atoms with E-state index in [0.29, 0.717) is 59.5 Å². The Labute approximate surface area is 106 Å². The molecule has 104 valence electrons. The minimum Gasteiger partial charge on any atom is -0.376 e. The Balaban J connectivity index is 1.77. The van der Waals surface area contributed by atoms with E-state index in [1.54, 1.807) is 0 Å². The van der Waals surface area contributed by atoms with Crippen LogP contribution in [0.3, 0.4) is 0 Å². The smallest absolute Gasteiger partial charge is 0.148 e. The molecule has 3 aliphatic heterocycles. The van der Waals surface area contributed by atoms with Crippen molar-refractivity contribution in [2.24, 2.45) is 0 Å². The Hall–Kier alpha value is -0.240. The molecule has 0 radical (unpaired) electrons. The van der Waals surface area contributed by atoms with Gasteiger partial charge in [-0.05, 0) is 0 Å². The normalized spacial score (nSPS) is 42.7. The van der Waals surface area contributed by atoms with E-state index in [0.717, 1.165) is 0 Å². The molecule has 6 heteroatoms. The van der Waals surface area contributed by atoms with Crippen LogP contribution in [0.1, 0.15) is 0 Å². The standard InChI is InChI=1S/C12H20O6/c1-4-16-10(7-13-1)12(9-15-3-6-18-12)11-8-14-2-5-17-11/h10-11H,1-9H2. The van der Waals surface area contributed by atoms with E-state index in [4.69, 9.17) is 28.4 Å². The van der Waals surface area contributed by atoms with Crippen LogP contribution in [0.15, 0.2) is 0 Å². The second kappa shape index (κ2) is 5.81. The summed E-state index contributed by atoms with van der Waals surface area (Å²) in [5.74, 6) is 0. The van der Waals surface area contributed by atoms with Crippen molar-refractivity contribution in [3.8, 4) is 0 Å². The van der Waals surface area contributed by atoms with E-state index in [-0.39, 0.29) is 12.2 Å².